The highest BCUT2D eigenvalue weighted by Crippen LogP contribution is 2.30. The molecule has 0 bridgehead atoms. The average molecular weight is 239 g/mol. The normalized spacial score (nSPS) is 18.2. The van der Waals surface area contributed by atoms with Gasteiger partial charge in [-0.3, -0.25) is 4.79 Å². The lowest BCUT2D eigenvalue weighted by molar-refractivity contribution is -0.144. The quantitative estimate of drug-likeness (QED) is 0.846. The van der Waals surface area contributed by atoms with Crippen LogP contribution in [0, 0.1) is 0 Å². The standard InChI is InChI=1S/C11H13NO3S/c13-9(8-3-6-16-7-8)12-11(10(14)15)4-1-2-5-11/h3,6-7H,1-2,4-5H2,(H,12,13)(H,14,15). The van der Waals surface area contributed by atoms with Gasteiger partial charge in [0.05, 0.1) is 5.56 Å². The number of carboxylic acids is 1. The highest BCUT2D eigenvalue weighted by Gasteiger charge is 2.42. The maximum atomic E-state index is 11.8. The predicted molar refractivity (Wildman–Crippen MR) is 60.6 cm³/mol. The maximum absolute atomic E-state index is 11.8. The van der Waals surface area contributed by atoms with Gasteiger partial charge in [0.1, 0.15) is 5.54 Å². The lowest BCUT2D eigenvalue weighted by Gasteiger charge is -2.24. The molecule has 1 saturated carbocycles. The Kier molecular flexibility index (Phi) is 2.96. The van der Waals surface area contributed by atoms with Crippen LogP contribution in [0.1, 0.15) is 36.0 Å². The van der Waals surface area contributed by atoms with E-state index in [1.54, 1.807) is 16.8 Å². The van der Waals surface area contributed by atoms with E-state index in [1.807, 2.05) is 0 Å². The summed E-state index contributed by atoms with van der Waals surface area (Å²) in [5.74, 6) is -1.21. The number of carbonyl (C=O) groups excluding carboxylic acids is 1. The Morgan fingerprint density at radius 1 is 1.38 bits per heavy atom. The van der Waals surface area contributed by atoms with Gasteiger partial charge >= 0.3 is 5.97 Å². The minimum Gasteiger partial charge on any atom is -0.480 e. The molecule has 0 aliphatic heterocycles. The molecule has 5 heteroatoms. The van der Waals surface area contributed by atoms with E-state index in [0.717, 1.165) is 12.8 Å². The zero-order valence-corrected chi connectivity index (χ0v) is 9.55. The molecule has 2 rings (SSSR count). The summed E-state index contributed by atoms with van der Waals surface area (Å²) >= 11 is 1.42. The highest BCUT2D eigenvalue weighted by molar-refractivity contribution is 7.08. The molecule has 1 aliphatic carbocycles. The molecule has 1 heterocycles. The first-order valence-corrected chi connectivity index (χ1v) is 6.16. The van der Waals surface area contributed by atoms with E-state index in [1.165, 1.54) is 11.3 Å². The fourth-order valence-electron chi connectivity index (χ4n) is 2.05. The van der Waals surface area contributed by atoms with E-state index in [2.05, 4.69) is 5.32 Å². The fourth-order valence-corrected chi connectivity index (χ4v) is 2.69. The molecular weight excluding hydrogens is 226 g/mol. The highest BCUT2D eigenvalue weighted by atomic mass is 32.1. The summed E-state index contributed by atoms with van der Waals surface area (Å²) in [5, 5.41) is 15.4. The van der Waals surface area contributed by atoms with Crippen molar-refractivity contribution in [1.29, 1.82) is 0 Å². The maximum Gasteiger partial charge on any atom is 0.329 e. The van der Waals surface area contributed by atoms with Gasteiger partial charge in [-0.1, -0.05) is 12.8 Å². The molecule has 1 aromatic heterocycles. The van der Waals surface area contributed by atoms with Gasteiger partial charge in [0, 0.05) is 5.38 Å². The van der Waals surface area contributed by atoms with E-state index >= 15 is 0 Å². The van der Waals surface area contributed by atoms with Gasteiger partial charge in [-0.2, -0.15) is 11.3 Å². The molecule has 1 aliphatic rings. The Labute approximate surface area is 97.3 Å². The summed E-state index contributed by atoms with van der Waals surface area (Å²) in [6, 6.07) is 1.70. The van der Waals surface area contributed by atoms with Crippen molar-refractivity contribution in [3.63, 3.8) is 0 Å². The molecule has 0 saturated heterocycles. The van der Waals surface area contributed by atoms with Crippen molar-refractivity contribution in [2.45, 2.75) is 31.2 Å². The Morgan fingerprint density at radius 2 is 2.06 bits per heavy atom. The first-order chi connectivity index (χ1) is 7.64. The van der Waals surface area contributed by atoms with E-state index in [9.17, 15) is 14.7 Å². The second kappa shape index (κ2) is 4.25. The lowest BCUT2D eigenvalue weighted by atomic mass is 9.97. The molecular formula is C11H13NO3S. The number of carboxylic acid groups (broad SMARTS) is 1. The second-order valence-electron chi connectivity index (χ2n) is 4.06. The van der Waals surface area contributed by atoms with Crippen molar-refractivity contribution in [2.24, 2.45) is 0 Å². The van der Waals surface area contributed by atoms with Crippen molar-refractivity contribution in [2.75, 3.05) is 0 Å². The summed E-state index contributed by atoms with van der Waals surface area (Å²) in [5.41, 5.74) is -0.503. The molecule has 4 nitrogen and oxygen atoms in total. The van der Waals surface area contributed by atoms with Crippen molar-refractivity contribution < 1.29 is 14.7 Å². The van der Waals surface area contributed by atoms with Crippen molar-refractivity contribution in [3.05, 3.63) is 22.4 Å². The van der Waals surface area contributed by atoms with Gasteiger partial charge in [0.15, 0.2) is 0 Å². The largest absolute Gasteiger partial charge is 0.480 e. The Hall–Kier alpha value is -1.36. The smallest absolute Gasteiger partial charge is 0.329 e. The average Bonchev–Trinajstić information content (AvgIpc) is 2.88. The van der Waals surface area contributed by atoms with Gasteiger partial charge in [0.2, 0.25) is 0 Å². The first-order valence-electron chi connectivity index (χ1n) is 5.22. The summed E-state index contributed by atoms with van der Waals surface area (Å²) in [6.07, 6.45) is 2.77. The van der Waals surface area contributed by atoms with Crippen molar-refractivity contribution in [3.8, 4) is 0 Å². The third-order valence-corrected chi connectivity index (χ3v) is 3.69. The number of amides is 1. The third kappa shape index (κ3) is 1.95. The molecule has 0 spiro atoms. The number of rotatable bonds is 3. The van der Waals surface area contributed by atoms with Crippen molar-refractivity contribution in [1.82, 2.24) is 5.32 Å². The van der Waals surface area contributed by atoms with Crippen LogP contribution in [0.4, 0.5) is 0 Å². The van der Waals surface area contributed by atoms with E-state index < -0.39 is 11.5 Å². The first kappa shape index (κ1) is 11.1. The number of hydrogen-bond acceptors (Lipinski definition) is 3. The van der Waals surface area contributed by atoms with Crippen LogP contribution in [0.3, 0.4) is 0 Å². The zero-order valence-electron chi connectivity index (χ0n) is 8.73. The second-order valence-corrected chi connectivity index (χ2v) is 4.84. The van der Waals surface area contributed by atoms with Gasteiger partial charge in [-0.25, -0.2) is 4.79 Å². The molecule has 2 N–H and O–H groups in total. The van der Waals surface area contributed by atoms with Crippen LogP contribution in [0.25, 0.3) is 0 Å². The monoisotopic (exact) mass is 239 g/mol. The SMILES string of the molecule is O=C(NC1(C(=O)O)CCCC1)c1ccsc1. The predicted octanol–water partition coefficient (Wildman–Crippen LogP) is 1.88. The summed E-state index contributed by atoms with van der Waals surface area (Å²) in [6.45, 7) is 0. The molecule has 86 valence electrons. The fraction of sp³-hybridized carbons (Fsp3) is 0.455. The van der Waals surface area contributed by atoms with Crippen LogP contribution in [-0.4, -0.2) is 22.5 Å². The zero-order chi connectivity index (χ0) is 11.6. The van der Waals surface area contributed by atoms with Crippen LogP contribution in [0.5, 0.6) is 0 Å². The topological polar surface area (TPSA) is 66.4 Å². The number of carbonyl (C=O) groups is 2. The molecule has 0 atom stereocenters. The number of hydrogen-bond donors (Lipinski definition) is 2. The Bertz CT molecular complexity index is 393. The number of thiophene rings is 1. The molecule has 1 amide bonds. The van der Waals surface area contributed by atoms with Crippen LogP contribution in [-0.2, 0) is 4.79 Å². The number of nitrogens with one attached hydrogen (secondary N) is 1. The summed E-state index contributed by atoms with van der Waals surface area (Å²) in [4.78, 5) is 23.0. The molecule has 0 unspecified atom stereocenters. The molecule has 1 aromatic rings. The van der Waals surface area contributed by atoms with Crippen LogP contribution in [0.2, 0.25) is 0 Å². The van der Waals surface area contributed by atoms with Crippen LogP contribution < -0.4 is 5.32 Å². The summed E-state index contributed by atoms with van der Waals surface area (Å²) in [7, 11) is 0. The Morgan fingerprint density at radius 3 is 2.56 bits per heavy atom. The van der Waals surface area contributed by atoms with Crippen LogP contribution >= 0.6 is 11.3 Å². The number of aliphatic carboxylic acids is 1. The molecule has 0 radical (unpaired) electrons. The minimum absolute atomic E-state index is 0.287. The van der Waals surface area contributed by atoms with Crippen LogP contribution in [0.15, 0.2) is 16.8 Å². The van der Waals surface area contributed by atoms with Gasteiger partial charge in [-0.15, -0.1) is 0 Å². The van der Waals surface area contributed by atoms with E-state index in [-0.39, 0.29) is 5.91 Å². The minimum atomic E-state index is -1.04. The molecule has 0 aromatic carbocycles. The molecule has 1 fully saturated rings. The lowest BCUT2D eigenvalue weighted by Crippen LogP contribution is -2.52. The summed E-state index contributed by atoms with van der Waals surface area (Å²) < 4.78 is 0. The van der Waals surface area contributed by atoms with Gasteiger partial charge in [0.25, 0.3) is 5.91 Å². The van der Waals surface area contributed by atoms with E-state index in [4.69, 9.17) is 0 Å². The van der Waals surface area contributed by atoms with E-state index in [0.29, 0.717) is 18.4 Å². The van der Waals surface area contributed by atoms with Gasteiger partial charge < -0.3 is 10.4 Å². The Balaban J connectivity index is 2.13. The van der Waals surface area contributed by atoms with Crippen molar-refractivity contribution >= 4 is 23.2 Å². The third-order valence-electron chi connectivity index (χ3n) is 3.00. The van der Waals surface area contributed by atoms with Gasteiger partial charge in [-0.05, 0) is 24.3 Å². The molecule has 16 heavy (non-hydrogen) atoms.